The van der Waals surface area contributed by atoms with Gasteiger partial charge in [-0.3, -0.25) is 4.79 Å². The zero-order valence-corrected chi connectivity index (χ0v) is 27.9. The van der Waals surface area contributed by atoms with Gasteiger partial charge in [-0.1, -0.05) is 37.6 Å². The summed E-state index contributed by atoms with van der Waals surface area (Å²) in [5.74, 6) is 2.42. The Bertz CT molecular complexity index is 1390. The molecule has 1 aliphatic rings. The summed E-state index contributed by atoms with van der Waals surface area (Å²) in [5.41, 5.74) is 2.04. The number of ketones is 1. The fraction of sp³-hybridized carbons (Fsp3) is 0.447. The predicted octanol–water partition coefficient (Wildman–Crippen LogP) is 7.56. The van der Waals surface area contributed by atoms with E-state index >= 15 is 0 Å². The molecule has 0 heterocycles. The molecule has 2 aromatic carbocycles. The molecule has 0 N–H and O–H groups in total. The van der Waals surface area contributed by atoms with Crippen LogP contribution in [-0.4, -0.2) is 58.4 Å². The summed E-state index contributed by atoms with van der Waals surface area (Å²) in [6, 6.07) is 11.0. The summed E-state index contributed by atoms with van der Waals surface area (Å²) < 4.78 is 33.0. The number of esters is 2. The number of carbonyl (C=O) groups is 3. The normalized spacial score (nSPS) is 12.6. The van der Waals surface area contributed by atoms with Crippen LogP contribution in [0.3, 0.4) is 0 Å². The Morgan fingerprint density at radius 3 is 1.85 bits per heavy atom. The molecule has 0 spiro atoms. The molecule has 0 amide bonds. The first-order valence-corrected chi connectivity index (χ1v) is 16.3. The summed E-state index contributed by atoms with van der Waals surface area (Å²) in [6.45, 7) is 6.66. The van der Waals surface area contributed by atoms with Gasteiger partial charge < -0.3 is 28.4 Å². The minimum absolute atomic E-state index is 0.139. The molecular formula is C38H48O9. The molecule has 3 rings (SSSR count). The number of benzene rings is 2. The number of allylic oxidation sites excluding steroid dienone is 1. The molecule has 0 aliphatic heterocycles. The number of rotatable bonds is 23. The maximum atomic E-state index is 12.2. The quantitative estimate of drug-likeness (QED) is 0.0685. The van der Waals surface area contributed by atoms with Crippen molar-refractivity contribution >= 4 is 29.9 Å². The zero-order valence-electron chi connectivity index (χ0n) is 27.9. The lowest BCUT2D eigenvalue weighted by Gasteiger charge is -2.11. The van der Waals surface area contributed by atoms with Crippen LogP contribution >= 0.6 is 0 Å². The lowest BCUT2D eigenvalue weighted by atomic mass is 10.1. The second kappa shape index (κ2) is 20.6. The van der Waals surface area contributed by atoms with Gasteiger partial charge in [-0.15, -0.1) is 0 Å². The van der Waals surface area contributed by atoms with Crippen LogP contribution in [0.25, 0.3) is 12.2 Å². The molecule has 9 heteroatoms. The van der Waals surface area contributed by atoms with Gasteiger partial charge in [0, 0.05) is 24.5 Å². The minimum Gasteiger partial charge on any atom is -0.493 e. The van der Waals surface area contributed by atoms with Crippen molar-refractivity contribution in [2.24, 2.45) is 5.92 Å². The Balaban J connectivity index is 1.32. The first-order valence-electron chi connectivity index (χ1n) is 16.3. The SMILES string of the molecule is C=C(C)C(=O)OCCCCCCOc1ccc(/C=C/C(=O)OCCCOc2ccc(/C=C/C(=O)CCC3CC3)cc2OC)cc1OC. The van der Waals surface area contributed by atoms with E-state index in [4.69, 9.17) is 28.4 Å². The van der Waals surface area contributed by atoms with E-state index in [0.29, 0.717) is 61.2 Å². The molecule has 0 unspecified atom stereocenters. The van der Waals surface area contributed by atoms with Crippen LogP contribution in [0.4, 0.5) is 0 Å². The number of ether oxygens (including phenoxy) is 6. The average molecular weight is 649 g/mol. The van der Waals surface area contributed by atoms with E-state index in [9.17, 15) is 14.4 Å². The highest BCUT2D eigenvalue weighted by Gasteiger charge is 2.21. The fourth-order valence-electron chi connectivity index (χ4n) is 4.49. The van der Waals surface area contributed by atoms with Crippen molar-refractivity contribution < 1.29 is 42.8 Å². The smallest absolute Gasteiger partial charge is 0.333 e. The fourth-order valence-corrected chi connectivity index (χ4v) is 4.49. The molecule has 1 fully saturated rings. The standard InChI is InChI=1S/C38H48O9/c1-28(2)38(41)47-23-8-6-5-7-22-44-33-20-15-31(27-36(33)43-4)16-21-37(40)46-25-9-24-45-34-19-14-30(26-35(34)42-3)13-18-32(39)17-12-29-10-11-29/h13-16,18-21,26-27,29H,1,5-12,17,22-25H2,2-4H3/b18-13+,21-16+. The third-order valence-electron chi connectivity index (χ3n) is 7.41. The maximum absolute atomic E-state index is 12.2. The first-order chi connectivity index (χ1) is 22.8. The van der Waals surface area contributed by atoms with Gasteiger partial charge >= 0.3 is 11.9 Å². The van der Waals surface area contributed by atoms with Gasteiger partial charge in [0.1, 0.15) is 0 Å². The van der Waals surface area contributed by atoms with Crippen LogP contribution in [-0.2, 0) is 23.9 Å². The van der Waals surface area contributed by atoms with Crippen LogP contribution < -0.4 is 18.9 Å². The van der Waals surface area contributed by atoms with Crippen molar-refractivity contribution in [3.05, 3.63) is 71.8 Å². The first kappa shape index (κ1) is 36.9. The molecule has 47 heavy (non-hydrogen) atoms. The topological polar surface area (TPSA) is 107 Å². The maximum Gasteiger partial charge on any atom is 0.333 e. The number of unbranched alkanes of at least 4 members (excludes halogenated alkanes) is 3. The lowest BCUT2D eigenvalue weighted by Crippen LogP contribution is -2.07. The number of methoxy groups -OCH3 is 2. The van der Waals surface area contributed by atoms with Crippen LogP contribution in [0, 0.1) is 5.92 Å². The molecule has 9 nitrogen and oxygen atoms in total. The van der Waals surface area contributed by atoms with E-state index in [-0.39, 0.29) is 18.4 Å². The van der Waals surface area contributed by atoms with Crippen molar-refractivity contribution in [3.63, 3.8) is 0 Å². The van der Waals surface area contributed by atoms with Crippen LogP contribution in [0.2, 0.25) is 0 Å². The highest BCUT2D eigenvalue weighted by molar-refractivity contribution is 5.93. The minimum atomic E-state index is -0.459. The molecule has 0 atom stereocenters. The highest BCUT2D eigenvalue weighted by Crippen LogP contribution is 2.34. The van der Waals surface area contributed by atoms with Crippen molar-refractivity contribution in [3.8, 4) is 23.0 Å². The summed E-state index contributed by atoms with van der Waals surface area (Å²) >= 11 is 0. The van der Waals surface area contributed by atoms with E-state index in [1.165, 1.54) is 18.9 Å². The van der Waals surface area contributed by atoms with Gasteiger partial charge in [-0.05, 0) is 92.5 Å². The summed E-state index contributed by atoms with van der Waals surface area (Å²) in [6.07, 6.45) is 14.6. The molecule has 1 aliphatic carbocycles. The monoisotopic (exact) mass is 648 g/mol. The second-order valence-electron chi connectivity index (χ2n) is 11.5. The molecule has 0 radical (unpaired) electrons. The van der Waals surface area contributed by atoms with Gasteiger partial charge in [0.2, 0.25) is 0 Å². The van der Waals surface area contributed by atoms with Gasteiger partial charge in [0.15, 0.2) is 28.8 Å². The van der Waals surface area contributed by atoms with Gasteiger partial charge in [-0.25, -0.2) is 9.59 Å². The van der Waals surface area contributed by atoms with E-state index < -0.39 is 5.97 Å². The van der Waals surface area contributed by atoms with Crippen LogP contribution in [0.15, 0.2) is 60.7 Å². The highest BCUT2D eigenvalue weighted by atomic mass is 16.5. The Morgan fingerprint density at radius 1 is 0.723 bits per heavy atom. The van der Waals surface area contributed by atoms with Crippen molar-refractivity contribution in [2.75, 3.05) is 40.6 Å². The molecule has 254 valence electrons. The summed E-state index contributed by atoms with van der Waals surface area (Å²) in [4.78, 5) is 35.7. The second-order valence-corrected chi connectivity index (χ2v) is 11.5. The van der Waals surface area contributed by atoms with Gasteiger partial charge in [-0.2, -0.15) is 0 Å². The largest absolute Gasteiger partial charge is 0.493 e. The lowest BCUT2D eigenvalue weighted by molar-refractivity contribution is -0.139. The molecule has 0 saturated heterocycles. The number of carbonyl (C=O) groups excluding carboxylic acids is 3. The molecule has 2 aromatic rings. The Labute approximate surface area is 278 Å². The third-order valence-corrected chi connectivity index (χ3v) is 7.41. The Hall–Kier alpha value is -4.53. The number of hydrogen-bond acceptors (Lipinski definition) is 9. The summed E-state index contributed by atoms with van der Waals surface area (Å²) in [5, 5.41) is 0. The van der Waals surface area contributed by atoms with E-state index in [0.717, 1.165) is 49.1 Å². The molecule has 1 saturated carbocycles. The summed E-state index contributed by atoms with van der Waals surface area (Å²) in [7, 11) is 3.14. The van der Waals surface area contributed by atoms with Crippen molar-refractivity contribution in [1.29, 1.82) is 0 Å². The van der Waals surface area contributed by atoms with Crippen LogP contribution in [0.5, 0.6) is 23.0 Å². The molecular weight excluding hydrogens is 600 g/mol. The zero-order chi connectivity index (χ0) is 33.9. The van der Waals surface area contributed by atoms with E-state index in [1.807, 2.05) is 30.3 Å². The van der Waals surface area contributed by atoms with Crippen molar-refractivity contribution in [1.82, 2.24) is 0 Å². The third kappa shape index (κ3) is 14.6. The Kier molecular flexibility index (Phi) is 16.2. The molecule has 0 bridgehead atoms. The number of hydrogen-bond donors (Lipinski definition) is 0. The average Bonchev–Trinajstić information content (AvgIpc) is 3.91. The van der Waals surface area contributed by atoms with Crippen molar-refractivity contribution in [2.45, 2.75) is 64.7 Å². The van der Waals surface area contributed by atoms with E-state index in [2.05, 4.69) is 6.58 Å². The molecule has 0 aromatic heterocycles. The van der Waals surface area contributed by atoms with Gasteiger partial charge in [0.25, 0.3) is 0 Å². The Morgan fingerprint density at radius 2 is 1.28 bits per heavy atom. The van der Waals surface area contributed by atoms with Gasteiger partial charge in [0.05, 0.1) is 40.6 Å². The predicted molar refractivity (Wildman–Crippen MR) is 182 cm³/mol. The van der Waals surface area contributed by atoms with Crippen LogP contribution in [0.1, 0.15) is 75.8 Å². The van der Waals surface area contributed by atoms with E-state index in [1.54, 1.807) is 45.4 Å².